The highest BCUT2D eigenvalue weighted by atomic mass is 32.2. The summed E-state index contributed by atoms with van der Waals surface area (Å²) in [6.45, 7) is 3.93. The fourth-order valence-corrected chi connectivity index (χ4v) is 3.76. The molecule has 2 aromatic carbocycles. The van der Waals surface area contributed by atoms with Gasteiger partial charge in [0.15, 0.2) is 11.5 Å². The van der Waals surface area contributed by atoms with E-state index in [1.54, 1.807) is 18.2 Å². The van der Waals surface area contributed by atoms with Gasteiger partial charge in [-0.15, -0.1) is 0 Å². The van der Waals surface area contributed by atoms with Gasteiger partial charge in [0.25, 0.3) is 5.91 Å². The second-order valence-corrected chi connectivity index (χ2v) is 8.08. The van der Waals surface area contributed by atoms with Gasteiger partial charge in [-0.05, 0) is 49.2 Å². The molecule has 0 fully saturated rings. The van der Waals surface area contributed by atoms with Gasteiger partial charge in [0.1, 0.15) is 0 Å². The van der Waals surface area contributed by atoms with Crippen LogP contribution in [0, 0.1) is 13.8 Å². The number of aryl methyl sites for hydroxylation is 2. The number of carbonyl (C=O) groups is 1. The van der Waals surface area contributed by atoms with Crippen LogP contribution >= 0.6 is 0 Å². The second kappa shape index (κ2) is 9.62. The molecule has 2 N–H and O–H groups in total. The van der Waals surface area contributed by atoms with E-state index in [1.807, 2.05) is 13.8 Å². The Morgan fingerprint density at radius 2 is 1.52 bits per heavy atom. The smallest absolute Gasteiger partial charge is 0.251 e. The molecule has 8 nitrogen and oxygen atoms in total. The second-order valence-electron chi connectivity index (χ2n) is 6.31. The Morgan fingerprint density at radius 3 is 2.03 bits per heavy atom. The number of amides is 1. The van der Waals surface area contributed by atoms with Gasteiger partial charge in [-0.2, -0.15) is 0 Å². The summed E-state index contributed by atoms with van der Waals surface area (Å²) >= 11 is 0. The summed E-state index contributed by atoms with van der Waals surface area (Å²) in [6.07, 6.45) is 0. The van der Waals surface area contributed by atoms with Gasteiger partial charge in [0.2, 0.25) is 15.8 Å². The Morgan fingerprint density at radius 1 is 0.897 bits per heavy atom. The maximum absolute atomic E-state index is 12.4. The molecular weight excluding hydrogens is 396 g/mol. The SMILES string of the molecule is COc1cc(C(=O)NCCNS(=O)(=O)c2ccc(C)c(C)c2)cc(OC)c1OC. The predicted octanol–water partition coefficient (Wildman–Crippen LogP) is 2.04. The van der Waals surface area contributed by atoms with Crippen molar-refractivity contribution in [1.82, 2.24) is 10.0 Å². The summed E-state index contributed by atoms with van der Waals surface area (Å²) < 4.78 is 42.9. The number of sulfonamides is 1. The first-order valence-electron chi connectivity index (χ1n) is 8.88. The molecule has 0 aliphatic carbocycles. The summed E-state index contributed by atoms with van der Waals surface area (Å²) in [5.41, 5.74) is 2.21. The molecule has 0 radical (unpaired) electrons. The molecule has 9 heteroatoms. The van der Waals surface area contributed by atoms with Gasteiger partial charge in [0.05, 0.1) is 26.2 Å². The third-order valence-corrected chi connectivity index (χ3v) is 5.88. The van der Waals surface area contributed by atoms with Gasteiger partial charge in [-0.1, -0.05) is 6.07 Å². The summed E-state index contributed by atoms with van der Waals surface area (Å²) in [5, 5.41) is 2.67. The highest BCUT2D eigenvalue weighted by Gasteiger charge is 2.17. The van der Waals surface area contributed by atoms with E-state index in [4.69, 9.17) is 14.2 Å². The number of nitrogens with one attached hydrogen (secondary N) is 2. The quantitative estimate of drug-likeness (QED) is 0.600. The highest BCUT2D eigenvalue weighted by molar-refractivity contribution is 7.89. The first-order valence-corrected chi connectivity index (χ1v) is 10.4. The predicted molar refractivity (Wildman–Crippen MR) is 110 cm³/mol. The van der Waals surface area contributed by atoms with Crippen LogP contribution in [0.3, 0.4) is 0 Å². The third kappa shape index (κ3) is 5.39. The van der Waals surface area contributed by atoms with Crippen LogP contribution in [-0.4, -0.2) is 48.7 Å². The zero-order valence-electron chi connectivity index (χ0n) is 17.2. The van der Waals surface area contributed by atoms with Gasteiger partial charge in [0, 0.05) is 18.7 Å². The van der Waals surface area contributed by atoms with Crippen molar-refractivity contribution in [3.63, 3.8) is 0 Å². The van der Waals surface area contributed by atoms with E-state index in [0.29, 0.717) is 22.8 Å². The Hall–Kier alpha value is -2.78. The third-order valence-electron chi connectivity index (χ3n) is 4.42. The molecule has 0 spiro atoms. The molecule has 0 saturated carbocycles. The van der Waals surface area contributed by atoms with Crippen LogP contribution in [0.4, 0.5) is 0 Å². The number of rotatable bonds is 9. The lowest BCUT2D eigenvalue weighted by Crippen LogP contribution is -2.34. The lowest BCUT2D eigenvalue weighted by molar-refractivity contribution is 0.0953. The maximum atomic E-state index is 12.4. The summed E-state index contributed by atoms with van der Waals surface area (Å²) in [7, 11) is 0.741. The van der Waals surface area contributed by atoms with Crippen molar-refractivity contribution < 1.29 is 27.4 Å². The number of ether oxygens (including phenoxy) is 3. The molecule has 0 atom stereocenters. The van der Waals surface area contributed by atoms with Crippen LogP contribution in [0.15, 0.2) is 35.2 Å². The van der Waals surface area contributed by atoms with Crippen molar-refractivity contribution in [2.75, 3.05) is 34.4 Å². The standard InChI is InChI=1S/C20H26N2O6S/c1-13-6-7-16(10-14(13)2)29(24,25)22-9-8-21-20(23)15-11-17(26-3)19(28-5)18(12-15)27-4/h6-7,10-12,22H,8-9H2,1-5H3,(H,21,23). The fraction of sp³-hybridized carbons (Fsp3) is 0.350. The molecule has 2 aromatic rings. The van der Waals surface area contributed by atoms with E-state index in [2.05, 4.69) is 10.0 Å². The number of carbonyl (C=O) groups excluding carboxylic acids is 1. The van der Waals surface area contributed by atoms with Crippen LogP contribution in [0.25, 0.3) is 0 Å². The van der Waals surface area contributed by atoms with Crippen LogP contribution < -0.4 is 24.2 Å². The molecule has 29 heavy (non-hydrogen) atoms. The van der Waals surface area contributed by atoms with Crippen molar-refractivity contribution in [2.24, 2.45) is 0 Å². The van der Waals surface area contributed by atoms with E-state index in [1.165, 1.54) is 33.5 Å². The van der Waals surface area contributed by atoms with Gasteiger partial charge < -0.3 is 19.5 Å². The molecule has 0 bridgehead atoms. The lowest BCUT2D eigenvalue weighted by Gasteiger charge is -2.14. The fourth-order valence-electron chi connectivity index (χ4n) is 2.64. The molecule has 2 rings (SSSR count). The van der Waals surface area contributed by atoms with E-state index in [0.717, 1.165) is 11.1 Å². The largest absolute Gasteiger partial charge is 0.493 e. The van der Waals surface area contributed by atoms with Gasteiger partial charge >= 0.3 is 0 Å². The van der Waals surface area contributed by atoms with Crippen molar-refractivity contribution in [3.05, 3.63) is 47.0 Å². The monoisotopic (exact) mass is 422 g/mol. The zero-order chi connectivity index (χ0) is 21.6. The molecule has 0 aliphatic heterocycles. The van der Waals surface area contributed by atoms with Crippen LogP contribution in [0.2, 0.25) is 0 Å². The molecule has 0 heterocycles. The molecular formula is C20H26N2O6S. The molecule has 0 aromatic heterocycles. The first kappa shape index (κ1) is 22.5. The molecule has 0 aliphatic rings. The Kier molecular flexibility index (Phi) is 7.46. The van der Waals surface area contributed by atoms with Crippen molar-refractivity contribution >= 4 is 15.9 Å². The number of hydrogen-bond acceptors (Lipinski definition) is 6. The minimum Gasteiger partial charge on any atom is -0.493 e. The average molecular weight is 423 g/mol. The Labute approximate surface area is 171 Å². The summed E-state index contributed by atoms with van der Waals surface area (Å²) in [6, 6.07) is 7.98. The molecule has 0 saturated heterocycles. The van der Waals surface area contributed by atoms with Crippen LogP contribution in [0.1, 0.15) is 21.5 Å². The zero-order valence-corrected chi connectivity index (χ0v) is 18.0. The molecule has 0 unspecified atom stereocenters. The Balaban J connectivity index is 2.00. The van der Waals surface area contributed by atoms with E-state index in [-0.39, 0.29) is 18.0 Å². The van der Waals surface area contributed by atoms with E-state index < -0.39 is 15.9 Å². The van der Waals surface area contributed by atoms with Crippen LogP contribution in [-0.2, 0) is 10.0 Å². The lowest BCUT2D eigenvalue weighted by atomic mass is 10.1. The van der Waals surface area contributed by atoms with Crippen molar-refractivity contribution in [3.8, 4) is 17.2 Å². The van der Waals surface area contributed by atoms with E-state index >= 15 is 0 Å². The first-order chi connectivity index (χ1) is 13.7. The van der Waals surface area contributed by atoms with Gasteiger partial charge in [-0.3, -0.25) is 4.79 Å². The number of benzene rings is 2. The molecule has 158 valence electrons. The van der Waals surface area contributed by atoms with Gasteiger partial charge in [-0.25, -0.2) is 13.1 Å². The van der Waals surface area contributed by atoms with Crippen LogP contribution in [0.5, 0.6) is 17.2 Å². The number of hydrogen-bond donors (Lipinski definition) is 2. The Bertz CT molecular complexity index is 963. The summed E-state index contributed by atoms with van der Waals surface area (Å²) in [4.78, 5) is 12.6. The topological polar surface area (TPSA) is 103 Å². The summed E-state index contributed by atoms with van der Waals surface area (Å²) in [5.74, 6) is 0.696. The van der Waals surface area contributed by atoms with Crippen molar-refractivity contribution in [1.29, 1.82) is 0 Å². The molecule has 1 amide bonds. The minimum absolute atomic E-state index is 0.0470. The average Bonchev–Trinajstić information content (AvgIpc) is 2.71. The maximum Gasteiger partial charge on any atom is 0.251 e. The minimum atomic E-state index is -3.65. The van der Waals surface area contributed by atoms with Crippen molar-refractivity contribution in [2.45, 2.75) is 18.7 Å². The number of methoxy groups -OCH3 is 3. The van der Waals surface area contributed by atoms with E-state index in [9.17, 15) is 13.2 Å². The highest BCUT2D eigenvalue weighted by Crippen LogP contribution is 2.38. The normalized spacial score (nSPS) is 11.1.